The van der Waals surface area contributed by atoms with Crippen LogP contribution in [0, 0.1) is 13.8 Å². The van der Waals surface area contributed by atoms with Gasteiger partial charge in [0.2, 0.25) is 11.8 Å². The normalized spacial score (nSPS) is 12.6. The van der Waals surface area contributed by atoms with Gasteiger partial charge in [-0.05, 0) is 58.2 Å². The fourth-order valence-corrected chi connectivity index (χ4v) is 4.68. The molecule has 10 heteroatoms. The summed E-state index contributed by atoms with van der Waals surface area (Å²) in [6, 6.07) is 9.24. The zero-order valence-corrected chi connectivity index (χ0v) is 25.7. The summed E-state index contributed by atoms with van der Waals surface area (Å²) in [7, 11) is 0. The van der Waals surface area contributed by atoms with Crippen LogP contribution in [0.4, 0.5) is 10.5 Å². The van der Waals surface area contributed by atoms with Crippen LogP contribution in [0.3, 0.4) is 0 Å². The van der Waals surface area contributed by atoms with Crippen molar-refractivity contribution >= 4 is 29.5 Å². The molecule has 2 aromatic rings. The Bertz CT molecular complexity index is 1220. The van der Waals surface area contributed by atoms with Crippen molar-refractivity contribution in [2.24, 2.45) is 5.73 Å². The molecule has 2 rings (SSSR count). The third-order valence-corrected chi connectivity index (χ3v) is 6.70. The highest BCUT2D eigenvalue weighted by Crippen LogP contribution is 2.32. The fraction of sp³-hybridized carbons (Fsp3) is 0.500. The van der Waals surface area contributed by atoms with Crippen molar-refractivity contribution in [3.63, 3.8) is 0 Å². The van der Waals surface area contributed by atoms with Gasteiger partial charge in [0.15, 0.2) is 0 Å². The first-order valence-corrected chi connectivity index (χ1v) is 14.5. The second kappa shape index (κ2) is 15.8. The number of amides is 4. The summed E-state index contributed by atoms with van der Waals surface area (Å²) in [5.74, 6) is -2.23. The third kappa shape index (κ3) is 10.4. The smallest absolute Gasteiger partial charge is 0.408 e. The van der Waals surface area contributed by atoms with Gasteiger partial charge in [-0.1, -0.05) is 69.0 Å². The first-order valence-electron chi connectivity index (χ1n) is 14.5. The Labute approximate surface area is 249 Å². The molecular formula is C32H46N4O6. The van der Waals surface area contributed by atoms with Crippen LogP contribution in [0.2, 0.25) is 0 Å². The number of benzene rings is 2. The number of hydrogen-bond acceptors (Lipinski definition) is 6. The molecule has 42 heavy (non-hydrogen) atoms. The molecule has 0 spiro atoms. The zero-order chi connectivity index (χ0) is 31.4. The van der Waals surface area contributed by atoms with Crippen LogP contribution in [0.1, 0.15) is 89.0 Å². The number of primary amides is 1. The van der Waals surface area contributed by atoms with E-state index >= 15 is 0 Å². The molecule has 0 aliphatic rings. The van der Waals surface area contributed by atoms with E-state index in [4.69, 9.17) is 10.5 Å². The summed E-state index contributed by atoms with van der Waals surface area (Å²) in [6.07, 6.45) is 2.94. The van der Waals surface area contributed by atoms with Gasteiger partial charge >= 0.3 is 6.09 Å². The number of alkyl carbamates (subject to hydrolysis) is 1. The average Bonchev–Trinajstić information content (AvgIpc) is 2.88. The number of hydrogen-bond donors (Lipinski definition) is 4. The number of phenols is 1. The van der Waals surface area contributed by atoms with E-state index in [1.165, 1.54) is 11.0 Å². The molecule has 0 fully saturated rings. The molecule has 0 radical (unpaired) electrons. The standard InChI is InChI=1S/C32H46N4O6/c1-7-8-9-10-13-19-36(30(40)24(20-26(33)38)34-31(41)42-32(4,5)6)28(23-17-11-12-18-25(23)37)29(39)35-27-21(2)15-14-16-22(27)3/h11-12,14-18,24,28,37H,7-10,13,19-20H2,1-6H3,(H2,33,38)(H,34,41)(H,35,39). The van der Waals surface area contributed by atoms with Gasteiger partial charge in [-0.15, -0.1) is 0 Å². The molecular weight excluding hydrogens is 536 g/mol. The SMILES string of the molecule is CCCCCCCN(C(=O)C(CC(N)=O)NC(=O)OC(C)(C)C)C(C(=O)Nc1c(C)cccc1C)c1ccccc1O. The Morgan fingerprint density at radius 2 is 1.57 bits per heavy atom. The summed E-state index contributed by atoms with van der Waals surface area (Å²) in [6.45, 7) is 11.0. The maximum Gasteiger partial charge on any atom is 0.408 e. The number of aryl methyl sites for hydroxylation is 2. The van der Waals surface area contributed by atoms with E-state index in [0.29, 0.717) is 12.1 Å². The van der Waals surface area contributed by atoms with E-state index in [2.05, 4.69) is 17.6 Å². The van der Waals surface area contributed by atoms with Crippen molar-refractivity contribution in [3.8, 4) is 5.75 Å². The summed E-state index contributed by atoms with van der Waals surface area (Å²) < 4.78 is 5.33. The number of nitrogens with two attached hydrogens (primary N) is 1. The molecule has 2 unspecified atom stereocenters. The number of nitrogens with zero attached hydrogens (tertiary/aromatic N) is 1. The van der Waals surface area contributed by atoms with Crippen molar-refractivity contribution in [1.82, 2.24) is 10.2 Å². The fourth-order valence-electron chi connectivity index (χ4n) is 4.68. The molecule has 5 N–H and O–H groups in total. The minimum absolute atomic E-state index is 0.132. The average molecular weight is 583 g/mol. The molecule has 230 valence electrons. The van der Waals surface area contributed by atoms with Gasteiger partial charge in [0, 0.05) is 17.8 Å². The molecule has 0 aliphatic heterocycles. The van der Waals surface area contributed by atoms with Crippen LogP contribution >= 0.6 is 0 Å². The number of unbranched alkanes of at least 4 members (excludes halogenated alkanes) is 4. The monoisotopic (exact) mass is 582 g/mol. The van der Waals surface area contributed by atoms with E-state index in [9.17, 15) is 24.3 Å². The highest BCUT2D eigenvalue weighted by atomic mass is 16.6. The van der Waals surface area contributed by atoms with Gasteiger partial charge < -0.3 is 31.1 Å². The van der Waals surface area contributed by atoms with Crippen LogP contribution < -0.4 is 16.4 Å². The number of anilines is 1. The predicted molar refractivity (Wildman–Crippen MR) is 163 cm³/mol. The first kappa shape index (κ1) is 34.1. The van der Waals surface area contributed by atoms with E-state index in [-0.39, 0.29) is 17.9 Å². The summed E-state index contributed by atoms with van der Waals surface area (Å²) >= 11 is 0. The van der Waals surface area contributed by atoms with E-state index in [0.717, 1.165) is 36.8 Å². The topological polar surface area (TPSA) is 151 Å². The number of nitrogens with one attached hydrogen (secondary N) is 2. The molecule has 2 aromatic carbocycles. The lowest BCUT2D eigenvalue weighted by molar-refractivity contribution is -0.142. The summed E-state index contributed by atoms with van der Waals surface area (Å²) in [5.41, 5.74) is 7.08. The molecule has 0 aromatic heterocycles. The van der Waals surface area contributed by atoms with E-state index < -0.39 is 47.9 Å². The number of aromatic hydroxyl groups is 1. The Hall–Kier alpha value is -4.08. The predicted octanol–water partition coefficient (Wildman–Crippen LogP) is 5.26. The molecule has 0 heterocycles. The number of phenolic OH excluding ortho intramolecular Hbond substituents is 1. The highest BCUT2D eigenvalue weighted by molar-refractivity contribution is 6.00. The number of carbonyl (C=O) groups excluding carboxylic acids is 4. The van der Waals surface area contributed by atoms with Crippen molar-refractivity contribution in [2.75, 3.05) is 11.9 Å². The number of rotatable bonds is 14. The van der Waals surface area contributed by atoms with Gasteiger partial charge in [0.25, 0.3) is 5.91 Å². The van der Waals surface area contributed by atoms with Gasteiger partial charge in [-0.25, -0.2) is 4.79 Å². The maximum atomic E-state index is 14.2. The Morgan fingerprint density at radius 1 is 0.952 bits per heavy atom. The minimum atomic E-state index is -1.39. The lowest BCUT2D eigenvalue weighted by atomic mass is 9.99. The minimum Gasteiger partial charge on any atom is -0.508 e. The molecule has 0 aliphatic carbocycles. The van der Waals surface area contributed by atoms with E-state index in [1.807, 2.05) is 32.0 Å². The molecule has 0 saturated heterocycles. The van der Waals surface area contributed by atoms with Crippen LogP contribution in [0.15, 0.2) is 42.5 Å². The number of carbonyl (C=O) groups is 4. The molecule has 2 atom stereocenters. The second-order valence-electron chi connectivity index (χ2n) is 11.5. The Kier molecular flexibility index (Phi) is 12.8. The largest absolute Gasteiger partial charge is 0.508 e. The van der Waals surface area contributed by atoms with Crippen LogP contribution in [-0.2, 0) is 19.1 Å². The quantitative estimate of drug-likeness (QED) is 0.223. The van der Waals surface area contributed by atoms with Gasteiger partial charge in [-0.3, -0.25) is 14.4 Å². The Morgan fingerprint density at radius 3 is 2.14 bits per heavy atom. The molecule has 0 saturated carbocycles. The maximum absolute atomic E-state index is 14.2. The summed E-state index contributed by atoms with van der Waals surface area (Å²) in [5, 5.41) is 16.3. The first-order chi connectivity index (χ1) is 19.7. The molecule has 4 amide bonds. The number of para-hydroxylation sites is 2. The van der Waals surface area contributed by atoms with Crippen molar-refractivity contribution in [1.29, 1.82) is 0 Å². The van der Waals surface area contributed by atoms with Crippen LogP contribution in [0.25, 0.3) is 0 Å². The Balaban J connectivity index is 2.59. The van der Waals surface area contributed by atoms with Crippen LogP contribution in [-0.4, -0.2) is 52.0 Å². The van der Waals surface area contributed by atoms with Gasteiger partial charge in [0.05, 0.1) is 6.42 Å². The zero-order valence-electron chi connectivity index (χ0n) is 25.7. The van der Waals surface area contributed by atoms with Gasteiger partial charge in [0.1, 0.15) is 23.4 Å². The molecule has 10 nitrogen and oxygen atoms in total. The second-order valence-corrected chi connectivity index (χ2v) is 11.5. The molecule has 0 bridgehead atoms. The highest BCUT2D eigenvalue weighted by Gasteiger charge is 2.38. The van der Waals surface area contributed by atoms with Crippen molar-refractivity contribution < 1.29 is 29.0 Å². The summed E-state index contributed by atoms with van der Waals surface area (Å²) in [4.78, 5) is 54.3. The van der Waals surface area contributed by atoms with Gasteiger partial charge in [-0.2, -0.15) is 0 Å². The number of ether oxygens (including phenoxy) is 1. The third-order valence-electron chi connectivity index (χ3n) is 6.70. The lowest BCUT2D eigenvalue weighted by Crippen LogP contribution is -2.53. The van der Waals surface area contributed by atoms with Crippen LogP contribution in [0.5, 0.6) is 5.75 Å². The van der Waals surface area contributed by atoms with E-state index in [1.54, 1.807) is 39.0 Å². The lowest BCUT2D eigenvalue weighted by Gasteiger charge is -2.34. The van der Waals surface area contributed by atoms with Crippen molar-refractivity contribution in [3.05, 3.63) is 59.2 Å². The van der Waals surface area contributed by atoms with Crippen molar-refractivity contribution in [2.45, 2.75) is 97.8 Å².